The van der Waals surface area contributed by atoms with E-state index in [0.29, 0.717) is 30.2 Å². The number of nitrogens with zero attached hydrogens (tertiary/aromatic N) is 4. The molecule has 0 bridgehead atoms. The first-order chi connectivity index (χ1) is 15.0. The van der Waals surface area contributed by atoms with E-state index in [2.05, 4.69) is 15.3 Å². The monoisotopic (exact) mass is 451 g/mol. The van der Waals surface area contributed by atoms with Gasteiger partial charge in [0.15, 0.2) is 4.96 Å². The van der Waals surface area contributed by atoms with Crippen LogP contribution in [0, 0.1) is 13.8 Å². The number of amides is 2. The van der Waals surface area contributed by atoms with E-state index in [1.54, 1.807) is 0 Å². The highest BCUT2D eigenvalue weighted by atomic mass is 32.1. The molecule has 4 heterocycles. The first-order valence-corrected chi connectivity index (χ1v) is 11.8. The smallest absolute Gasteiger partial charge is 0.274 e. The van der Waals surface area contributed by atoms with Crippen LogP contribution < -0.4 is 5.32 Å². The Labute approximate surface area is 187 Å². The molecule has 0 saturated carbocycles. The summed E-state index contributed by atoms with van der Waals surface area (Å²) in [7, 11) is 0. The van der Waals surface area contributed by atoms with Crippen molar-refractivity contribution in [1.82, 2.24) is 24.6 Å². The number of nitrogens with one attached hydrogen (secondary N) is 1. The molecule has 9 heteroatoms. The topological polar surface area (TPSA) is 79.6 Å². The molecule has 1 saturated heterocycles. The van der Waals surface area contributed by atoms with Crippen molar-refractivity contribution in [1.29, 1.82) is 0 Å². The van der Waals surface area contributed by atoms with Gasteiger partial charge in [0.25, 0.3) is 11.8 Å². The molecule has 0 spiro atoms. The van der Waals surface area contributed by atoms with Crippen LogP contribution in [0.25, 0.3) is 15.4 Å². The first kappa shape index (κ1) is 19.9. The Kier molecular flexibility index (Phi) is 5.07. The number of fused-ring (bicyclic) bond motifs is 1. The van der Waals surface area contributed by atoms with Crippen molar-refractivity contribution < 1.29 is 9.59 Å². The fraction of sp³-hybridized carbons (Fsp3) is 0.273. The standard InChI is InChI=1S/C22H21N5O2S2/c1-13-18(27-10-11-30-22(27)24-13)20(28)23-12-16-8-9-26(16)21(29)17-19(31-14(2)25-17)15-6-4-3-5-7-15/h3-7,10-11,16H,8-9,12H2,1-2H3,(H,23,28)/t16-/m0/s1. The highest BCUT2D eigenvalue weighted by Gasteiger charge is 2.35. The molecule has 7 nitrogen and oxygen atoms in total. The van der Waals surface area contributed by atoms with Crippen LogP contribution in [0.4, 0.5) is 0 Å². The normalized spacial score (nSPS) is 15.8. The molecule has 4 aromatic rings. The minimum absolute atomic E-state index is 0.0340. The Balaban J connectivity index is 1.30. The van der Waals surface area contributed by atoms with Crippen LogP contribution in [0.2, 0.25) is 0 Å². The Bertz CT molecular complexity index is 1270. The van der Waals surface area contributed by atoms with Crippen LogP contribution in [-0.2, 0) is 0 Å². The highest BCUT2D eigenvalue weighted by molar-refractivity contribution is 7.15. The lowest BCUT2D eigenvalue weighted by Crippen LogP contribution is -2.56. The molecule has 0 unspecified atom stereocenters. The summed E-state index contributed by atoms with van der Waals surface area (Å²) in [6, 6.07) is 9.84. The number of carbonyl (C=O) groups is 2. The van der Waals surface area contributed by atoms with Crippen molar-refractivity contribution in [2.45, 2.75) is 26.3 Å². The molecule has 0 radical (unpaired) electrons. The fourth-order valence-electron chi connectivity index (χ4n) is 3.88. The molecule has 0 aliphatic carbocycles. The van der Waals surface area contributed by atoms with Gasteiger partial charge >= 0.3 is 0 Å². The van der Waals surface area contributed by atoms with Gasteiger partial charge in [-0.2, -0.15) is 0 Å². The van der Waals surface area contributed by atoms with Gasteiger partial charge in [-0.3, -0.25) is 14.0 Å². The maximum absolute atomic E-state index is 13.3. The van der Waals surface area contributed by atoms with Crippen molar-refractivity contribution >= 4 is 39.4 Å². The van der Waals surface area contributed by atoms with Crippen LogP contribution in [0.15, 0.2) is 41.9 Å². The van der Waals surface area contributed by atoms with Crippen LogP contribution in [0.3, 0.4) is 0 Å². The number of hydrogen-bond acceptors (Lipinski definition) is 6. The summed E-state index contributed by atoms with van der Waals surface area (Å²) in [5.41, 5.74) is 2.75. The summed E-state index contributed by atoms with van der Waals surface area (Å²) < 4.78 is 1.81. The average molecular weight is 452 g/mol. The first-order valence-electron chi connectivity index (χ1n) is 10.1. The van der Waals surface area contributed by atoms with Crippen LogP contribution in [0.5, 0.6) is 0 Å². The third-order valence-electron chi connectivity index (χ3n) is 5.53. The van der Waals surface area contributed by atoms with Crippen LogP contribution in [-0.4, -0.2) is 50.2 Å². The van der Waals surface area contributed by atoms with E-state index in [1.165, 1.54) is 22.7 Å². The van der Waals surface area contributed by atoms with Crippen molar-refractivity contribution in [2.24, 2.45) is 0 Å². The van der Waals surface area contributed by atoms with Gasteiger partial charge in [0.1, 0.15) is 11.4 Å². The van der Waals surface area contributed by atoms with E-state index in [1.807, 2.05) is 65.1 Å². The summed E-state index contributed by atoms with van der Waals surface area (Å²) in [6.45, 7) is 4.83. The van der Waals surface area contributed by atoms with Crippen molar-refractivity contribution in [3.8, 4) is 10.4 Å². The SMILES string of the molecule is Cc1nc(C(=O)N2CC[C@H]2CNC(=O)c2c(C)nc3sccn23)c(-c2ccccc2)s1. The lowest BCUT2D eigenvalue weighted by molar-refractivity contribution is 0.0451. The molecule has 3 aromatic heterocycles. The van der Waals surface area contributed by atoms with Gasteiger partial charge in [0.05, 0.1) is 21.6 Å². The molecule has 2 amide bonds. The van der Waals surface area contributed by atoms with Gasteiger partial charge in [-0.1, -0.05) is 30.3 Å². The Hall–Kier alpha value is -3.04. The molecular weight excluding hydrogens is 430 g/mol. The van der Waals surface area contributed by atoms with Gasteiger partial charge in [-0.25, -0.2) is 9.97 Å². The molecule has 1 aromatic carbocycles. The van der Waals surface area contributed by atoms with E-state index in [0.717, 1.165) is 26.8 Å². The molecule has 1 aliphatic rings. The summed E-state index contributed by atoms with van der Waals surface area (Å²) >= 11 is 3.03. The largest absolute Gasteiger partial charge is 0.349 e. The zero-order chi connectivity index (χ0) is 21.5. The summed E-state index contributed by atoms with van der Waals surface area (Å²) in [5.74, 6) is -0.244. The number of imidazole rings is 1. The second-order valence-electron chi connectivity index (χ2n) is 7.53. The number of hydrogen-bond donors (Lipinski definition) is 1. The number of carbonyl (C=O) groups excluding carboxylic acids is 2. The van der Waals surface area contributed by atoms with E-state index in [4.69, 9.17) is 0 Å². The van der Waals surface area contributed by atoms with Crippen molar-refractivity contribution in [2.75, 3.05) is 13.1 Å². The molecule has 158 valence electrons. The predicted octanol–water partition coefficient (Wildman–Crippen LogP) is 3.78. The average Bonchev–Trinajstić information content (AvgIpc) is 3.41. The maximum atomic E-state index is 13.3. The lowest BCUT2D eigenvalue weighted by Gasteiger charge is -2.40. The minimum atomic E-state index is -0.169. The van der Waals surface area contributed by atoms with E-state index < -0.39 is 0 Å². The number of aromatic nitrogens is 3. The van der Waals surface area contributed by atoms with Crippen molar-refractivity contribution in [3.05, 3.63) is 64.0 Å². The number of aryl methyl sites for hydroxylation is 2. The Morgan fingerprint density at radius 3 is 2.74 bits per heavy atom. The molecular formula is C22H21N5O2S2. The fourth-order valence-corrected chi connectivity index (χ4v) is 5.55. The molecule has 1 atom stereocenters. The molecule has 1 N–H and O–H groups in total. The molecule has 5 rings (SSSR count). The second-order valence-corrected chi connectivity index (χ2v) is 9.61. The van der Waals surface area contributed by atoms with Gasteiger partial charge in [0, 0.05) is 24.7 Å². The lowest BCUT2D eigenvalue weighted by atomic mass is 10.0. The third kappa shape index (κ3) is 3.53. The predicted molar refractivity (Wildman–Crippen MR) is 122 cm³/mol. The Morgan fingerprint density at radius 1 is 1.19 bits per heavy atom. The van der Waals surface area contributed by atoms with Gasteiger partial charge in [-0.15, -0.1) is 22.7 Å². The van der Waals surface area contributed by atoms with Crippen LogP contribution >= 0.6 is 22.7 Å². The molecule has 1 fully saturated rings. The van der Waals surface area contributed by atoms with Gasteiger partial charge in [0.2, 0.25) is 0 Å². The zero-order valence-corrected chi connectivity index (χ0v) is 18.8. The van der Waals surface area contributed by atoms with Gasteiger partial charge in [-0.05, 0) is 25.8 Å². The number of benzene rings is 1. The number of rotatable bonds is 5. The summed E-state index contributed by atoms with van der Waals surface area (Å²) in [4.78, 5) is 38.5. The highest BCUT2D eigenvalue weighted by Crippen LogP contribution is 2.32. The van der Waals surface area contributed by atoms with E-state index in [-0.39, 0.29) is 17.9 Å². The zero-order valence-electron chi connectivity index (χ0n) is 17.2. The molecule has 1 aliphatic heterocycles. The van der Waals surface area contributed by atoms with Crippen molar-refractivity contribution in [3.63, 3.8) is 0 Å². The summed E-state index contributed by atoms with van der Waals surface area (Å²) in [5, 5.41) is 5.76. The Morgan fingerprint density at radius 2 is 2.00 bits per heavy atom. The maximum Gasteiger partial charge on any atom is 0.274 e. The van der Waals surface area contributed by atoms with Crippen LogP contribution in [0.1, 0.15) is 38.1 Å². The van der Waals surface area contributed by atoms with E-state index >= 15 is 0 Å². The second kappa shape index (κ2) is 7.90. The molecule has 31 heavy (non-hydrogen) atoms. The van der Waals surface area contributed by atoms with Gasteiger partial charge < -0.3 is 10.2 Å². The summed E-state index contributed by atoms with van der Waals surface area (Å²) in [6.07, 6.45) is 2.71. The number of likely N-dealkylation sites (tertiary alicyclic amines) is 1. The quantitative estimate of drug-likeness (QED) is 0.501. The minimum Gasteiger partial charge on any atom is -0.349 e. The number of thiazole rings is 2. The third-order valence-corrected chi connectivity index (χ3v) is 7.30. The van der Waals surface area contributed by atoms with E-state index in [9.17, 15) is 9.59 Å².